The van der Waals surface area contributed by atoms with Crippen LogP contribution in [0.1, 0.15) is 121 Å². The maximum absolute atomic E-state index is 11.0. The summed E-state index contributed by atoms with van der Waals surface area (Å²) in [6, 6.07) is 73.4. The summed E-state index contributed by atoms with van der Waals surface area (Å²) in [4.78, 5) is 126. The molecule has 0 fully saturated rings. The first-order valence-electron chi connectivity index (χ1n) is 46.7. The Bertz CT molecular complexity index is 5500. The fourth-order valence-corrected chi connectivity index (χ4v) is 11.3. The van der Waals surface area contributed by atoms with Gasteiger partial charge in [-0.05, 0) is 173 Å². The van der Waals surface area contributed by atoms with E-state index in [-0.39, 0.29) is 72.1 Å². The topological polar surface area (TPSA) is 839 Å². The molecular formula is C107H149N13O30. The van der Waals surface area contributed by atoms with Crippen molar-refractivity contribution >= 4 is 176 Å². The van der Waals surface area contributed by atoms with Crippen LogP contribution in [0, 0.1) is 0 Å². The molecule has 2 amide bonds. The van der Waals surface area contributed by atoms with Gasteiger partial charge in [0.15, 0.2) is 34.5 Å². The van der Waals surface area contributed by atoms with Gasteiger partial charge in [-0.3, -0.25) is 57.7 Å². The second-order valence-corrected chi connectivity index (χ2v) is 28.0. The Kier molecular flexibility index (Phi) is 80.6. The molecule has 13 rings (SSSR count). The highest BCUT2D eigenvalue weighted by Gasteiger charge is 2.26. The highest BCUT2D eigenvalue weighted by Crippen LogP contribution is 2.36. The molecule has 0 atom stereocenters. The molecule has 43 heteroatoms. The zero-order valence-electron chi connectivity index (χ0n) is 86.6. The summed E-state index contributed by atoms with van der Waals surface area (Å²) < 4.78 is 0. The van der Waals surface area contributed by atoms with Crippen LogP contribution in [0.25, 0.3) is 64.6 Å². The number of fused-ring (bicyclic) bond motifs is 6. The van der Waals surface area contributed by atoms with Crippen molar-refractivity contribution in [2.24, 2.45) is 22.9 Å². The molecule has 43 nitrogen and oxygen atoms in total. The number of hydrogen-bond acceptors (Lipinski definition) is 31. The molecule has 13 aromatic carbocycles. The van der Waals surface area contributed by atoms with Crippen molar-refractivity contribution in [3.8, 4) is 34.5 Å². The lowest BCUT2D eigenvalue weighted by molar-refractivity contribution is -0.159. The van der Waals surface area contributed by atoms with Crippen LogP contribution in [0.3, 0.4) is 0 Å². The summed E-state index contributed by atoms with van der Waals surface area (Å²) in [6.45, 7) is 25.5. The molecule has 0 bridgehead atoms. The number of aliphatic carboxylic acids is 10. The van der Waals surface area contributed by atoms with E-state index in [0.29, 0.717) is 47.2 Å². The summed E-state index contributed by atoms with van der Waals surface area (Å²) in [5, 5.41) is 168. The van der Waals surface area contributed by atoms with Gasteiger partial charge in [-0.25, -0.2) is 9.59 Å². The van der Waals surface area contributed by atoms with Gasteiger partial charge < -0.3 is 154 Å². The molecule has 0 aliphatic carbocycles. The molecule has 0 unspecified atom stereocenters. The molecular weight excluding hydrogens is 1950 g/mol. The summed E-state index contributed by atoms with van der Waals surface area (Å²) in [6.07, 6.45) is -0.950. The normalized spacial score (nSPS) is 9.31. The van der Waals surface area contributed by atoms with E-state index >= 15 is 0 Å². The number of rotatable bonds is 23. The number of carboxylic acid groups (broad SMARTS) is 10. The van der Waals surface area contributed by atoms with Gasteiger partial charge in [-0.1, -0.05) is 236 Å². The van der Waals surface area contributed by atoms with Gasteiger partial charge in [0.1, 0.15) is 13.1 Å². The predicted molar refractivity (Wildman–Crippen MR) is 590 cm³/mol. The van der Waals surface area contributed by atoms with Crippen molar-refractivity contribution < 1.29 is 149 Å². The zero-order valence-corrected chi connectivity index (χ0v) is 86.6. The number of carbonyl (C=O) groups is 12. The standard InChI is InChI=1S/C15H17NO8.C14H12N2.C14H10O2.C10H16N2O8.C10H10N2.C10H8O2.C6H8N2.C6H6O2.C2H4N2O2.C2H8N2.C2H2O4.C2H6O2.7C2H6/c17-12(18)5-9(6-13(19)20)10-3-1-2-4-11(10)16(7-14(21)22)8-15(23)24;2*15-13-7-11-5-9-3-1-2-4-10(9)6-12(11)8-14(13)16;13-7(14)3-11(4-8(15)16)1-2-12(5-9(17)18)6-10(19)20;2*11-9-5-7-3-1-2-4-8(7)6-10(9)12;2*7-5-3-1-2-4-6(5)8;3-1(5)2(4)6;3-1-2-4;3-1(4)2(5)6;3-1-2-4;7*1-2/h1-4,9H,5-8H2,(H,17,18)(H,19,20)(H,21,22)(H,23,24);1-8H,15-16H2;1-8,15-16H;1-6H2,(H,13,14)(H,15,16)(H,17,18)(H,19,20);1-6H,11-12H2;1-6,11-12H;1-4H,7-8H2;1-4,7-8H;(H2,3,5)(H2,4,6);1-4H2;(H,3,4)(H,5,6);3-4H,1-2H2;7*1-2H3. The van der Waals surface area contributed by atoms with Crippen molar-refractivity contribution in [2.75, 3.05) is 118 Å². The maximum atomic E-state index is 11.0. The van der Waals surface area contributed by atoms with Crippen molar-refractivity contribution in [3.63, 3.8) is 0 Å². The third kappa shape index (κ3) is 62.7. The van der Waals surface area contributed by atoms with E-state index in [0.717, 1.165) is 68.6 Å². The van der Waals surface area contributed by atoms with Crippen molar-refractivity contribution in [1.29, 1.82) is 0 Å². The van der Waals surface area contributed by atoms with E-state index in [1.807, 2.05) is 230 Å². The van der Waals surface area contributed by atoms with Gasteiger partial charge in [0.05, 0.1) is 86.4 Å². The average molecular weight is 2100 g/mol. The number of aliphatic hydroxyl groups excluding tert-OH is 2. The van der Waals surface area contributed by atoms with E-state index in [1.54, 1.807) is 54.6 Å². The number of amides is 2. The van der Waals surface area contributed by atoms with Crippen LogP contribution < -0.4 is 62.2 Å². The number of nitrogens with zero attached hydrogens (tertiary/aromatic N) is 3. The highest BCUT2D eigenvalue weighted by atomic mass is 16.4. The van der Waals surface area contributed by atoms with E-state index < -0.39 is 130 Å². The van der Waals surface area contributed by atoms with E-state index in [2.05, 4.69) is 35.7 Å². The second-order valence-electron chi connectivity index (χ2n) is 28.0. The number of primary amides is 2. The number of aliphatic hydroxyl groups is 2. The van der Waals surface area contributed by atoms with Gasteiger partial charge in [0.2, 0.25) is 0 Å². The first-order chi connectivity index (χ1) is 71.1. The fraction of sp³-hybridized carbons (Fsp3) is 0.271. The molecule has 0 saturated carbocycles. The zero-order chi connectivity index (χ0) is 116. The van der Waals surface area contributed by atoms with Crippen LogP contribution in [0.2, 0.25) is 0 Å². The molecule has 822 valence electrons. The number of hydrogen-bond donors (Lipinski definition) is 28. The lowest BCUT2D eigenvalue weighted by Crippen LogP contribution is -2.43. The number of para-hydroxylation sites is 5. The maximum Gasteiger partial charge on any atom is 0.414 e. The van der Waals surface area contributed by atoms with Crippen molar-refractivity contribution in [1.82, 2.24) is 9.80 Å². The number of nitrogens with two attached hydrogens (primary N) is 10. The monoisotopic (exact) mass is 2100 g/mol. The van der Waals surface area contributed by atoms with Gasteiger partial charge in [-0.2, -0.15) is 0 Å². The molecule has 0 aliphatic rings. The average Bonchev–Trinajstić information content (AvgIpc) is 0.643. The number of anilines is 7. The number of benzene rings is 13. The van der Waals surface area contributed by atoms with Crippen molar-refractivity contribution in [2.45, 2.75) is 116 Å². The number of aromatic hydroxyl groups is 6. The Hall–Kier alpha value is -17.8. The Morgan fingerprint density at radius 3 is 0.653 bits per heavy atom. The summed E-state index contributed by atoms with van der Waals surface area (Å²) >= 11 is 0. The van der Waals surface area contributed by atoms with Crippen LogP contribution in [0.5, 0.6) is 34.5 Å². The molecule has 13 aromatic rings. The van der Waals surface area contributed by atoms with Crippen LogP contribution in [0.15, 0.2) is 243 Å². The van der Waals surface area contributed by atoms with Gasteiger partial charge >= 0.3 is 71.5 Å². The molecule has 0 heterocycles. The summed E-state index contributed by atoms with van der Waals surface area (Å²) in [7, 11) is 0. The fourth-order valence-electron chi connectivity index (χ4n) is 11.3. The second kappa shape index (κ2) is 84.6. The quantitative estimate of drug-likeness (QED) is 0.0122. The molecule has 0 saturated heterocycles. The van der Waals surface area contributed by atoms with E-state index in [9.17, 15) is 58.2 Å². The Balaban J connectivity index is -0.000000383. The summed E-state index contributed by atoms with van der Waals surface area (Å²) in [5.74, 6) is -17.1. The van der Waals surface area contributed by atoms with E-state index in [1.165, 1.54) is 41.1 Å². The van der Waals surface area contributed by atoms with Gasteiger partial charge in [-0.15, -0.1) is 0 Å². The molecule has 0 aromatic heterocycles. The van der Waals surface area contributed by atoms with Crippen molar-refractivity contribution in [3.05, 3.63) is 248 Å². The smallest absolute Gasteiger partial charge is 0.414 e. The number of phenolic OH excluding ortho intramolecular Hbond substituents is 6. The molecule has 0 radical (unpaired) electrons. The Morgan fingerprint density at radius 1 is 0.247 bits per heavy atom. The van der Waals surface area contributed by atoms with Crippen LogP contribution >= 0.6 is 0 Å². The highest BCUT2D eigenvalue weighted by molar-refractivity contribution is 6.33. The molecule has 150 heavy (non-hydrogen) atoms. The minimum atomic E-state index is -1.82. The lowest BCUT2D eigenvalue weighted by atomic mass is 9.90. The molecule has 0 spiro atoms. The Labute approximate surface area is 870 Å². The number of nitrogen functional groups attached to an aromatic ring is 6. The number of carboxylic acids is 10. The summed E-state index contributed by atoms with van der Waals surface area (Å²) in [5.41, 5.74) is 56.5. The van der Waals surface area contributed by atoms with E-state index in [4.69, 9.17) is 137 Å². The largest absolute Gasteiger partial charge is 0.504 e. The third-order valence-corrected chi connectivity index (χ3v) is 17.4. The first kappa shape index (κ1) is 143. The Morgan fingerprint density at radius 2 is 0.447 bits per heavy atom. The lowest BCUT2D eigenvalue weighted by Gasteiger charge is -2.26. The molecule has 0 aliphatic heterocycles. The van der Waals surface area contributed by atoms with Gasteiger partial charge in [0, 0.05) is 37.8 Å². The predicted octanol–water partition coefficient (Wildman–Crippen LogP) is 13.6. The van der Waals surface area contributed by atoms with Gasteiger partial charge in [0.25, 0.3) is 0 Å². The van der Waals surface area contributed by atoms with Crippen LogP contribution in [-0.2, 0) is 57.5 Å². The minimum Gasteiger partial charge on any atom is -0.504 e. The molecule has 38 N–H and O–H groups in total. The van der Waals surface area contributed by atoms with Crippen LogP contribution in [0.4, 0.5) is 39.8 Å². The number of carbonyl (C=O) groups excluding carboxylic acids is 2. The first-order valence-corrected chi connectivity index (χ1v) is 46.7. The number of phenols is 6. The van der Waals surface area contributed by atoms with Crippen LogP contribution in [-0.4, -0.2) is 252 Å². The SMILES string of the molecule is CC.CC.CC.CC.CC.CC.CC.NC(=O)C(N)=O.NCCN.Nc1cc2cc3ccccc3cc2cc1N.Nc1cc2ccccc2cc1N.Nc1ccccc1N.O=C(O)C(=O)O.O=C(O)CC(CC(=O)O)c1ccccc1N(CC(=O)O)CC(=O)O.O=C(O)CN(CCN(CC(=O)O)CC(=O)O)CC(=O)O.OCCO.Oc1cc2cc3ccccc3cc2cc1O.Oc1cc2ccccc2cc1O.Oc1ccccc1O. The third-order valence-electron chi connectivity index (χ3n) is 17.4. The minimum absolute atomic E-state index is 0.0703.